The molecule has 1 aromatic heterocycles. The quantitative estimate of drug-likeness (QED) is 0.338. The van der Waals surface area contributed by atoms with Crippen LogP contribution in [-0.4, -0.2) is 34.3 Å². The molecule has 154 valence electrons. The molecule has 0 radical (unpaired) electrons. The van der Waals surface area contributed by atoms with E-state index < -0.39 is 11.9 Å². The number of aromatic carboxylic acids is 1. The number of ether oxygens (including phenoxy) is 1. The Morgan fingerprint density at radius 1 is 1.07 bits per heavy atom. The minimum absolute atomic E-state index is 0.0942. The Morgan fingerprint density at radius 2 is 1.90 bits per heavy atom. The lowest BCUT2D eigenvalue weighted by molar-refractivity contribution is 0.0697. The average Bonchev–Trinajstić information content (AvgIpc) is 2.72. The van der Waals surface area contributed by atoms with E-state index in [-0.39, 0.29) is 21.8 Å². The molecule has 30 heavy (non-hydrogen) atoms. The zero-order chi connectivity index (χ0) is 21.5. The van der Waals surface area contributed by atoms with E-state index >= 15 is 0 Å². The van der Waals surface area contributed by atoms with Crippen molar-refractivity contribution in [1.29, 1.82) is 0 Å². The average molecular weight is 463 g/mol. The van der Waals surface area contributed by atoms with Gasteiger partial charge in [-0.3, -0.25) is 4.79 Å². The summed E-state index contributed by atoms with van der Waals surface area (Å²) in [4.78, 5) is 28.3. The lowest BCUT2D eigenvalue weighted by Gasteiger charge is -2.12. The van der Waals surface area contributed by atoms with Gasteiger partial charge in [0.2, 0.25) is 0 Å². The molecule has 0 unspecified atom stereocenters. The van der Waals surface area contributed by atoms with Crippen molar-refractivity contribution in [2.75, 3.05) is 17.7 Å². The number of carboxylic acid groups (broad SMARTS) is 1. The molecule has 0 atom stereocenters. The van der Waals surface area contributed by atoms with E-state index in [2.05, 4.69) is 10.3 Å². The molecule has 0 saturated heterocycles. The van der Waals surface area contributed by atoms with Crippen LogP contribution in [0.2, 0.25) is 10.0 Å². The van der Waals surface area contributed by atoms with Crippen LogP contribution in [0.1, 0.15) is 20.7 Å². The number of hydrogen-bond acceptors (Lipinski definition) is 5. The molecule has 0 saturated carbocycles. The number of carboxylic acids is 1. The third kappa shape index (κ3) is 5.89. The molecule has 0 bridgehead atoms. The summed E-state index contributed by atoms with van der Waals surface area (Å²) in [5, 5.41) is 13.5. The van der Waals surface area contributed by atoms with Crippen LogP contribution in [0.3, 0.4) is 0 Å². The van der Waals surface area contributed by atoms with Crippen LogP contribution in [0, 0.1) is 0 Å². The molecule has 1 heterocycles. The summed E-state index contributed by atoms with van der Waals surface area (Å²) >= 11 is 13.4. The number of nitrogens with zero attached hydrogens (tertiary/aromatic N) is 1. The van der Waals surface area contributed by atoms with Crippen molar-refractivity contribution >= 4 is 52.5 Å². The van der Waals surface area contributed by atoms with E-state index in [1.165, 1.54) is 42.1 Å². The van der Waals surface area contributed by atoms with E-state index in [9.17, 15) is 14.7 Å². The number of hydrogen-bond donors (Lipinski definition) is 2. The molecule has 9 heteroatoms. The molecule has 0 fully saturated rings. The van der Waals surface area contributed by atoms with E-state index in [0.717, 1.165) is 5.03 Å². The Bertz CT molecular complexity index is 1060. The van der Waals surface area contributed by atoms with Gasteiger partial charge in [-0.15, -0.1) is 11.8 Å². The Labute approximate surface area is 187 Å². The number of amides is 1. The highest BCUT2D eigenvalue weighted by Crippen LogP contribution is 2.26. The second-order valence-electron chi connectivity index (χ2n) is 5.96. The summed E-state index contributed by atoms with van der Waals surface area (Å²) < 4.78 is 5.64. The molecule has 1 amide bonds. The van der Waals surface area contributed by atoms with E-state index in [1.807, 2.05) is 18.2 Å². The van der Waals surface area contributed by atoms with Gasteiger partial charge in [0, 0.05) is 17.0 Å². The van der Waals surface area contributed by atoms with Gasteiger partial charge in [-0.25, -0.2) is 9.78 Å². The van der Waals surface area contributed by atoms with Gasteiger partial charge in [-0.05, 0) is 48.5 Å². The molecule has 0 aliphatic carbocycles. The lowest BCUT2D eigenvalue weighted by Crippen LogP contribution is -2.15. The largest absolute Gasteiger partial charge is 0.493 e. The van der Waals surface area contributed by atoms with Gasteiger partial charge in [0.1, 0.15) is 5.75 Å². The number of anilines is 1. The maximum Gasteiger partial charge on any atom is 0.337 e. The van der Waals surface area contributed by atoms with Gasteiger partial charge >= 0.3 is 5.97 Å². The maximum absolute atomic E-state index is 12.5. The zero-order valence-corrected chi connectivity index (χ0v) is 17.8. The van der Waals surface area contributed by atoms with E-state index in [0.29, 0.717) is 23.1 Å². The first-order valence-corrected chi connectivity index (χ1v) is 10.5. The normalized spacial score (nSPS) is 10.5. The highest BCUT2D eigenvalue weighted by atomic mass is 35.5. The summed E-state index contributed by atoms with van der Waals surface area (Å²) in [6.45, 7) is 0.367. The standard InChI is InChI=1S/C21H16Cl2N2O4S/c22-13-4-6-15(17(23)11-13)20(26)25-18-7-5-14(12-16(18)21(27)28)29-9-10-30-19-3-1-2-8-24-19/h1-8,11-12H,9-10H2,(H,25,26)(H,27,28). The molecular formula is C21H16Cl2N2O4S. The smallest absolute Gasteiger partial charge is 0.337 e. The molecular weight excluding hydrogens is 447 g/mol. The first-order valence-electron chi connectivity index (χ1n) is 8.74. The topological polar surface area (TPSA) is 88.5 Å². The summed E-state index contributed by atoms with van der Waals surface area (Å²) in [5.41, 5.74) is 0.223. The predicted octanol–water partition coefficient (Wildman–Crippen LogP) is 5.51. The second-order valence-corrected chi connectivity index (χ2v) is 7.91. The van der Waals surface area contributed by atoms with Crippen LogP contribution in [-0.2, 0) is 0 Å². The van der Waals surface area contributed by atoms with Crippen molar-refractivity contribution in [1.82, 2.24) is 4.98 Å². The van der Waals surface area contributed by atoms with Gasteiger partial charge in [-0.1, -0.05) is 29.3 Å². The third-order valence-corrected chi connectivity index (χ3v) is 5.34. The van der Waals surface area contributed by atoms with Crippen molar-refractivity contribution < 1.29 is 19.4 Å². The Balaban J connectivity index is 1.66. The fourth-order valence-electron chi connectivity index (χ4n) is 2.50. The van der Waals surface area contributed by atoms with Crippen LogP contribution >= 0.6 is 35.0 Å². The summed E-state index contributed by atoms with van der Waals surface area (Å²) in [5.74, 6) is -0.704. The van der Waals surface area contributed by atoms with Crippen molar-refractivity contribution in [2.24, 2.45) is 0 Å². The van der Waals surface area contributed by atoms with Gasteiger partial charge in [0.05, 0.1) is 33.5 Å². The van der Waals surface area contributed by atoms with E-state index in [4.69, 9.17) is 27.9 Å². The highest BCUT2D eigenvalue weighted by molar-refractivity contribution is 7.99. The monoisotopic (exact) mass is 462 g/mol. The van der Waals surface area contributed by atoms with E-state index in [1.54, 1.807) is 12.3 Å². The van der Waals surface area contributed by atoms with Crippen LogP contribution < -0.4 is 10.1 Å². The number of carbonyl (C=O) groups excluding carboxylic acids is 1. The van der Waals surface area contributed by atoms with Gasteiger partial charge in [0.15, 0.2) is 0 Å². The van der Waals surface area contributed by atoms with Crippen molar-refractivity contribution in [3.05, 3.63) is 82.0 Å². The molecule has 2 aromatic carbocycles. The van der Waals surface area contributed by atoms with Crippen molar-refractivity contribution in [3.8, 4) is 5.75 Å². The molecule has 0 spiro atoms. The number of pyridine rings is 1. The second kappa shape index (κ2) is 10.3. The highest BCUT2D eigenvalue weighted by Gasteiger charge is 2.17. The van der Waals surface area contributed by atoms with Gasteiger partial charge in [0.25, 0.3) is 5.91 Å². The van der Waals surface area contributed by atoms with Crippen LogP contribution in [0.5, 0.6) is 5.75 Å². The van der Waals surface area contributed by atoms with Crippen LogP contribution in [0.15, 0.2) is 65.8 Å². The zero-order valence-electron chi connectivity index (χ0n) is 15.5. The third-order valence-electron chi connectivity index (χ3n) is 3.89. The molecule has 2 N–H and O–H groups in total. The molecule has 6 nitrogen and oxygen atoms in total. The lowest BCUT2D eigenvalue weighted by atomic mass is 10.1. The Hall–Kier alpha value is -2.74. The number of nitrogens with one attached hydrogen (secondary N) is 1. The minimum Gasteiger partial charge on any atom is -0.493 e. The molecule has 0 aliphatic heterocycles. The fourth-order valence-corrected chi connectivity index (χ4v) is 3.68. The number of aromatic nitrogens is 1. The van der Waals surface area contributed by atoms with Crippen LogP contribution in [0.4, 0.5) is 5.69 Å². The molecule has 0 aliphatic rings. The number of thioether (sulfide) groups is 1. The number of benzene rings is 2. The maximum atomic E-state index is 12.5. The van der Waals surface area contributed by atoms with Crippen molar-refractivity contribution in [3.63, 3.8) is 0 Å². The number of rotatable bonds is 8. The summed E-state index contributed by atoms with van der Waals surface area (Å²) in [6, 6.07) is 14.5. The number of halogens is 2. The van der Waals surface area contributed by atoms with Crippen molar-refractivity contribution in [2.45, 2.75) is 5.03 Å². The minimum atomic E-state index is -1.19. The van der Waals surface area contributed by atoms with Gasteiger partial charge < -0.3 is 15.2 Å². The Kier molecular flexibility index (Phi) is 7.57. The fraction of sp³-hybridized carbons (Fsp3) is 0.0952. The SMILES string of the molecule is O=C(Nc1ccc(OCCSc2ccccn2)cc1C(=O)O)c1ccc(Cl)cc1Cl. The molecule has 3 aromatic rings. The summed E-state index contributed by atoms with van der Waals surface area (Å²) in [7, 11) is 0. The molecule has 3 rings (SSSR count). The van der Waals surface area contributed by atoms with Gasteiger partial charge in [-0.2, -0.15) is 0 Å². The van der Waals surface area contributed by atoms with Crippen LogP contribution in [0.25, 0.3) is 0 Å². The summed E-state index contributed by atoms with van der Waals surface area (Å²) in [6.07, 6.45) is 1.71. The Morgan fingerprint density at radius 3 is 2.60 bits per heavy atom. The number of carbonyl (C=O) groups is 2. The first kappa shape index (κ1) is 22.0. The predicted molar refractivity (Wildman–Crippen MR) is 118 cm³/mol. The first-order chi connectivity index (χ1) is 14.4.